The van der Waals surface area contributed by atoms with Crippen LogP contribution >= 0.6 is 0 Å². The van der Waals surface area contributed by atoms with Crippen molar-refractivity contribution in [2.45, 2.75) is 53.5 Å². The average Bonchev–Trinajstić information content (AvgIpc) is 2.94. The molecule has 0 saturated carbocycles. The van der Waals surface area contributed by atoms with Crippen LogP contribution < -0.4 is 5.32 Å². The maximum absolute atomic E-state index is 12.7. The fraction of sp³-hybridized carbons (Fsp3) is 0.444. The fourth-order valence-electron chi connectivity index (χ4n) is 3.06. The van der Waals surface area contributed by atoms with Crippen molar-refractivity contribution >= 4 is 17.3 Å². The Kier molecular flexibility index (Phi) is 5.56. The minimum Gasteiger partial charge on any atom is -0.321 e. The van der Waals surface area contributed by atoms with Crippen LogP contribution in [-0.2, 0) is 0 Å². The topological polar surface area (TPSA) is 90.1 Å². The van der Waals surface area contributed by atoms with Crippen molar-refractivity contribution in [2.75, 3.05) is 5.32 Å². The van der Waals surface area contributed by atoms with Crippen LogP contribution in [0.2, 0.25) is 0 Å². The predicted octanol–water partition coefficient (Wildman–Crippen LogP) is 4.33. The molecule has 0 unspecified atom stereocenters. The molecule has 0 aliphatic heterocycles. The van der Waals surface area contributed by atoms with Crippen LogP contribution in [0.25, 0.3) is 0 Å². The van der Waals surface area contributed by atoms with Crippen LogP contribution in [-0.4, -0.2) is 20.6 Å². The summed E-state index contributed by atoms with van der Waals surface area (Å²) in [5, 5.41) is 18.3. The smallest absolute Gasteiger partial charge is 0.274 e. The molecule has 0 atom stereocenters. The van der Waals surface area contributed by atoms with Crippen molar-refractivity contribution < 1.29 is 9.72 Å². The van der Waals surface area contributed by atoms with E-state index in [1.165, 1.54) is 6.07 Å². The third-order valence-corrected chi connectivity index (χ3v) is 4.66. The Morgan fingerprint density at radius 2 is 1.92 bits per heavy atom. The number of rotatable bonds is 6. The number of aryl methyl sites for hydroxylation is 1. The second-order valence-electron chi connectivity index (χ2n) is 6.17. The number of benzene rings is 1. The van der Waals surface area contributed by atoms with Crippen molar-refractivity contribution in [2.24, 2.45) is 0 Å². The van der Waals surface area contributed by atoms with E-state index in [1.807, 2.05) is 18.5 Å². The number of hydrogen-bond donors (Lipinski definition) is 1. The van der Waals surface area contributed by atoms with Crippen molar-refractivity contribution in [1.82, 2.24) is 9.78 Å². The van der Waals surface area contributed by atoms with Crippen molar-refractivity contribution in [3.8, 4) is 0 Å². The molecule has 1 aromatic heterocycles. The van der Waals surface area contributed by atoms with Crippen molar-refractivity contribution in [3.05, 3.63) is 50.8 Å². The van der Waals surface area contributed by atoms with Crippen LogP contribution in [0.4, 0.5) is 11.4 Å². The number of aromatic nitrogens is 2. The minimum absolute atomic E-state index is 0.00894. The Morgan fingerprint density at radius 3 is 2.48 bits per heavy atom. The molecule has 1 N–H and O–H groups in total. The molecule has 1 heterocycles. The molecule has 7 heteroatoms. The van der Waals surface area contributed by atoms with Crippen LogP contribution in [0.15, 0.2) is 18.3 Å². The summed E-state index contributed by atoms with van der Waals surface area (Å²) in [5.41, 5.74) is 2.98. The van der Waals surface area contributed by atoms with E-state index in [0.29, 0.717) is 16.8 Å². The van der Waals surface area contributed by atoms with E-state index < -0.39 is 4.92 Å². The third-order valence-electron chi connectivity index (χ3n) is 4.66. The quantitative estimate of drug-likeness (QED) is 0.624. The first-order valence-electron chi connectivity index (χ1n) is 8.41. The highest BCUT2D eigenvalue weighted by Gasteiger charge is 2.21. The molecule has 2 rings (SSSR count). The molecular weight excluding hydrogens is 320 g/mol. The molecular formula is C18H24N4O3. The highest BCUT2D eigenvalue weighted by atomic mass is 16.6. The second-order valence-corrected chi connectivity index (χ2v) is 6.17. The van der Waals surface area contributed by atoms with E-state index in [-0.39, 0.29) is 17.6 Å². The zero-order valence-electron chi connectivity index (χ0n) is 15.3. The van der Waals surface area contributed by atoms with Gasteiger partial charge in [0.05, 0.1) is 34.0 Å². The van der Waals surface area contributed by atoms with E-state index in [0.717, 1.165) is 24.1 Å². The first-order chi connectivity index (χ1) is 11.8. The van der Waals surface area contributed by atoms with Gasteiger partial charge in [-0.25, -0.2) is 0 Å². The molecule has 0 saturated heterocycles. The van der Waals surface area contributed by atoms with Crippen molar-refractivity contribution in [1.29, 1.82) is 0 Å². The summed E-state index contributed by atoms with van der Waals surface area (Å²) >= 11 is 0. The molecule has 0 radical (unpaired) electrons. The molecule has 0 aliphatic rings. The highest BCUT2D eigenvalue weighted by Crippen LogP contribution is 2.29. The van der Waals surface area contributed by atoms with Crippen molar-refractivity contribution in [3.63, 3.8) is 0 Å². The van der Waals surface area contributed by atoms with Gasteiger partial charge in [-0.2, -0.15) is 5.10 Å². The van der Waals surface area contributed by atoms with Gasteiger partial charge in [0.2, 0.25) is 0 Å². The Bertz CT molecular complexity index is 807. The minimum atomic E-state index is -0.444. The fourth-order valence-corrected chi connectivity index (χ4v) is 3.06. The van der Waals surface area contributed by atoms with Crippen LogP contribution in [0.3, 0.4) is 0 Å². The molecule has 1 aromatic carbocycles. The predicted molar refractivity (Wildman–Crippen MR) is 97.1 cm³/mol. The van der Waals surface area contributed by atoms with Crippen LogP contribution in [0.1, 0.15) is 59.9 Å². The van der Waals surface area contributed by atoms with Gasteiger partial charge in [0, 0.05) is 11.8 Å². The Morgan fingerprint density at radius 1 is 1.28 bits per heavy atom. The zero-order valence-corrected chi connectivity index (χ0v) is 15.3. The molecule has 25 heavy (non-hydrogen) atoms. The first kappa shape index (κ1) is 18.6. The number of carbonyl (C=O) groups is 1. The van der Waals surface area contributed by atoms with Gasteiger partial charge in [-0.15, -0.1) is 0 Å². The number of hydrogen-bond acceptors (Lipinski definition) is 4. The largest absolute Gasteiger partial charge is 0.321 e. The molecule has 1 amide bonds. The van der Waals surface area contributed by atoms with Crippen LogP contribution in [0.5, 0.6) is 0 Å². The maximum atomic E-state index is 12.7. The van der Waals surface area contributed by atoms with E-state index in [1.54, 1.807) is 19.2 Å². The summed E-state index contributed by atoms with van der Waals surface area (Å²) in [4.78, 5) is 23.4. The number of amides is 1. The Balaban J connectivity index is 2.36. The van der Waals surface area contributed by atoms with Crippen LogP contribution in [0, 0.1) is 30.9 Å². The lowest BCUT2D eigenvalue weighted by molar-refractivity contribution is -0.385. The maximum Gasteiger partial charge on any atom is 0.274 e. The molecule has 7 nitrogen and oxygen atoms in total. The number of anilines is 1. The van der Waals surface area contributed by atoms with E-state index >= 15 is 0 Å². The second kappa shape index (κ2) is 7.46. The summed E-state index contributed by atoms with van der Waals surface area (Å²) < 4.78 is 1.88. The summed E-state index contributed by atoms with van der Waals surface area (Å²) in [6.45, 7) is 9.50. The van der Waals surface area contributed by atoms with E-state index in [4.69, 9.17) is 0 Å². The lowest BCUT2D eigenvalue weighted by atomic mass is 10.1. The first-order valence-corrected chi connectivity index (χ1v) is 8.41. The molecule has 2 aromatic rings. The third kappa shape index (κ3) is 3.55. The summed E-state index contributed by atoms with van der Waals surface area (Å²) in [6.07, 6.45) is 3.43. The number of carbonyl (C=O) groups excluding carboxylic acids is 1. The molecule has 0 fully saturated rings. The molecule has 0 aliphatic carbocycles. The van der Waals surface area contributed by atoms with Gasteiger partial charge in [-0.3, -0.25) is 19.6 Å². The number of nitrogens with one attached hydrogen (secondary N) is 1. The molecule has 0 bridgehead atoms. The summed E-state index contributed by atoms with van der Waals surface area (Å²) in [7, 11) is 0. The molecule has 0 spiro atoms. The number of nitrogens with zero attached hydrogens (tertiary/aromatic N) is 3. The Labute approximate surface area is 147 Å². The van der Waals surface area contributed by atoms with Gasteiger partial charge in [0.25, 0.3) is 11.6 Å². The van der Waals surface area contributed by atoms with Gasteiger partial charge >= 0.3 is 0 Å². The lowest BCUT2D eigenvalue weighted by Gasteiger charge is -2.16. The Hall–Kier alpha value is -2.70. The van der Waals surface area contributed by atoms with Gasteiger partial charge < -0.3 is 5.32 Å². The van der Waals surface area contributed by atoms with Gasteiger partial charge in [-0.05, 0) is 39.2 Å². The van der Waals surface area contributed by atoms with E-state index in [2.05, 4.69) is 24.3 Å². The average molecular weight is 344 g/mol. The number of nitro benzene ring substituents is 1. The monoisotopic (exact) mass is 344 g/mol. The number of nitro groups is 1. The van der Waals surface area contributed by atoms with Gasteiger partial charge in [0.1, 0.15) is 0 Å². The van der Waals surface area contributed by atoms with E-state index in [9.17, 15) is 14.9 Å². The van der Waals surface area contributed by atoms with Gasteiger partial charge in [0.15, 0.2) is 0 Å². The zero-order chi connectivity index (χ0) is 18.7. The summed E-state index contributed by atoms with van der Waals surface area (Å²) in [5.74, 6) is -0.304. The molecule has 134 valence electrons. The normalized spacial score (nSPS) is 11.0. The lowest BCUT2D eigenvalue weighted by Crippen LogP contribution is -2.16. The highest BCUT2D eigenvalue weighted by molar-refractivity contribution is 6.06. The SMILES string of the molecule is CCC(CC)n1ncc(C(=O)Nc2c(C)ccc([N+](=O)[O-])c2C)c1C. The standard InChI is InChI=1S/C18H24N4O3/c1-6-14(7-2)21-13(5)15(10-19-21)18(23)20-17-11(3)8-9-16(12(17)4)22(24)25/h8-10,14H,6-7H2,1-5H3,(H,20,23). The summed E-state index contributed by atoms with van der Waals surface area (Å²) in [6, 6.07) is 3.35. The van der Waals surface area contributed by atoms with Gasteiger partial charge in [-0.1, -0.05) is 19.9 Å².